The molecule has 1 atom stereocenters. The summed E-state index contributed by atoms with van der Waals surface area (Å²) in [5.74, 6) is 0.626. The van der Waals surface area contributed by atoms with E-state index in [9.17, 15) is 4.79 Å². The van der Waals surface area contributed by atoms with Crippen molar-refractivity contribution in [2.45, 2.75) is 37.9 Å². The summed E-state index contributed by atoms with van der Waals surface area (Å²) < 4.78 is 5.31. The maximum atomic E-state index is 11.3. The topological polar surface area (TPSA) is 55.0 Å². The summed E-state index contributed by atoms with van der Waals surface area (Å²) in [7, 11) is 0. The molecular formula is C22H22N2O2S. The number of imidazole rings is 1. The van der Waals surface area contributed by atoms with Gasteiger partial charge in [-0.1, -0.05) is 71.4 Å². The van der Waals surface area contributed by atoms with E-state index in [0.29, 0.717) is 6.42 Å². The lowest BCUT2D eigenvalue weighted by atomic mass is 10.0. The van der Waals surface area contributed by atoms with E-state index in [1.807, 2.05) is 0 Å². The number of aryl methyl sites for hydroxylation is 2. The molecule has 4 nitrogen and oxygen atoms in total. The number of aromatic amines is 1. The minimum absolute atomic E-state index is 0.0155. The van der Waals surface area contributed by atoms with Crippen LogP contribution in [0.3, 0.4) is 0 Å². The van der Waals surface area contributed by atoms with Crippen molar-refractivity contribution in [1.82, 2.24) is 9.97 Å². The van der Waals surface area contributed by atoms with Gasteiger partial charge in [-0.2, -0.15) is 0 Å². The van der Waals surface area contributed by atoms with Crippen molar-refractivity contribution in [3.05, 3.63) is 59.7 Å². The Labute approximate surface area is 163 Å². The molecular weight excluding hydrogens is 356 g/mol. The maximum Gasteiger partial charge on any atom is 0.306 e. The summed E-state index contributed by atoms with van der Waals surface area (Å²) in [6.07, 6.45) is 1.30. The first-order valence-corrected chi connectivity index (χ1v) is 10.1. The van der Waals surface area contributed by atoms with Gasteiger partial charge in [0.05, 0.1) is 11.4 Å². The van der Waals surface area contributed by atoms with E-state index >= 15 is 0 Å². The smallest absolute Gasteiger partial charge is 0.306 e. The highest BCUT2D eigenvalue weighted by Crippen LogP contribution is 2.33. The molecule has 1 aromatic heterocycles. The Morgan fingerprint density at radius 3 is 2.26 bits per heavy atom. The van der Waals surface area contributed by atoms with Crippen molar-refractivity contribution < 1.29 is 9.53 Å². The second-order valence-corrected chi connectivity index (χ2v) is 7.97. The predicted molar refractivity (Wildman–Crippen MR) is 109 cm³/mol. The molecule has 3 aromatic rings. The predicted octanol–water partition coefficient (Wildman–Crippen LogP) is 5.16. The monoisotopic (exact) mass is 378 g/mol. The number of nitrogens with zero attached hydrogens (tertiary/aromatic N) is 1. The van der Waals surface area contributed by atoms with Gasteiger partial charge in [-0.15, -0.1) is 0 Å². The third kappa shape index (κ3) is 4.08. The Bertz CT molecular complexity index is 882. The summed E-state index contributed by atoms with van der Waals surface area (Å²) >= 11 is 1.61. The summed E-state index contributed by atoms with van der Waals surface area (Å²) in [5.41, 5.74) is 6.63. The lowest BCUT2D eigenvalue weighted by molar-refractivity contribution is -0.140. The molecule has 1 fully saturated rings. The van der Waals surface area contributed by atoms with Crippen molar-refractivity contribution in [1.29, 1.82) is 0 Å². The number of thioether (sulfide) groups is 1. The van der Waals surface area contributed by atoms with E-state index in [2.05, 4.69) is 67.4 Å². The molecule has 5 heteroatoms. The van der Waals surface area contributed by atoms with Crippen LogP contribution in [0.1, 0.15) is 24.0 Å². The SMILES string of the molecule is Cc1ccc(-c2nc(SC[C@@H]3CCC(=O)O3)[nH]c2-c2ccc(C)cc2)cc1. The Kier molecular flexibility index (Phi) is 5.03. The van der Waals surface area contributed by atoms with Gasteiger partial charge in [0.1, 0.15) is 6.10 Å². The van der Waals surface area contributed by atoms with Gasteiger partial charge in [0, 0.05) is 23.3 Å². The quantitative estimate of drug-likeness (QED) is 0.492. The molecule has 0 aliphatic carbocycles. The number of cyclic esters (lactones) is 1. The number of hydrogen-bond donors (Lipinski definition) is 1. The van der Waals surface area contributed by atoms with Gasteiger partial charge >= 0.3 is 5.97 Å². The van der Waals surface area contributed by atoms with Crippen molar-refractivity contribution in [2.24, 2.45) is 0 Å². The van der Waals surface area contributed by atoms with Crippen LogP contribution in [-0.2, 0) is 9.53 Å². The number of H-pyrrole nitrogens is 1. The average Bonchev–Trinajstić information content (AvgIpc) is 3.28. The van der Waals surface area contributed by atoms with Crippen LogP contribution in [-0.4, -0.2) is 27.8 Å². The number of carbonyl (C=O) groups is 1. The normalized spacial score (nSPS) is 16.5. The maximum absolute atomic E-state index is 11.3. The van der Waals surface area contributed by atoms with Crippen molar-refractivity contribution in [3.8, 4) is 22.5 Å². The van der Waals surface area contributed by atoms with Gasteiger partial charge in [-0.25, -0.2) is 4.98 Å². The fraction of sp³-hybridized carbons (Fsp3) is 0.273. The van der Waals surface area contributed by atoms with E-state index in [4.69, 9.17) is 9.72 Å². The van der Waals surface area contributed by atoms with Crippen molar-refractivity contribution in [2.75, 3.05) is 5.75 Å². The lowest BCUT2D eigenvalue weighted by Crippen LogP contribution is -2.09. The Morgan fingerprint density at radius 1 is 1.04 bits per heavy atom. The van der Waals surface area contributed by atoms with Crippen LogP contribution in [0, 0.1) is 13.8 Å². The zero-order valence-corrected chi connectivity index (χ0v) is 16.3. The van der Waals surface area contributed by atoms with Gasteiger partial charge in [0.2, 0.25) is 0 Å². The molecule has 0 radical (unpaired) electrons. The summed E-state index contributed by atoms with van der Waals surface area (Å²) in [4.78, 5) is 19.6. The zero-order chi connectivity index (χ0) is 18.8. The van der Waals surface area contributed by atoms with Gasteiger partial charge in [-0.05, 0) is 20.3 Å². The molecule has 1 aliphatic rings. The molecule has 1 N–H and O–H groups in total. The molecule has 0 unspecified atom stereocenters. The van der Waals surface area contributed by atoms with Crippen LogP contribution in [0.5, 0.6) is 0 Å². The third-order valence-electron chi connectivity index (χ3n) is 4.72. The first-order chi connectivity index (χ1) is 13.1. The molecule has 4 rings (SSSR count). The van der Waals surface area contributed by atoms with Gasteiger partial charge in [-0.3, -0.25) is 4.79 Å². The Balaban J connectivity index is 1.65. The number of carbonyl (C=O) groups excluding carboxylic acids is 1. The van der Waals surface area contributed by atoms with E-state index in [1.165, 1.54) is 11.1 Å². The van der Waals surface area contributed by atoms with Crippen LogP contribution in [0.4, 0.5) is 0 Å². The molecule has 1 saturated heterocycles. The number of nitrogens with one attached hydrogen (secondary N) is 1. The average molecular weight is 378 g/mol. The van der Waals surface area contributed by atoms with Crippen LogP contribution >= 0.6 is 11.8 Å². The first-order valence-electron chi connectivity index (χ1n) is 9.15. The fourth-order valence-electron chi connectivity index (χ4n) is 3.14. The van der Waals surface area contributed by atoms with E-state index in [0.717, 1.165) is 39.8 Å². The second-order valence-electron chi connectivity index (χ2n) is 6.96. The number of ether oxygens (including phenoxy) is 1. The summed E-state index contributed by atoms with van der Waals surface area (Å²) in [6.45, 7) is 4.17. The first kappa shape index (κ1) is 17.9. The zero-order valence-electron chi connectivity index (χ0n) is 15.5. The summed E-state index contributed by atoms with van der Waals surface area (Å²) in [6, 6.07) is 16.9. The number of aromatic nitrogens is 2. The molecule has 1 aliphatic heterocycles. The Hall–Kier alpha value is -2.53. The summed E-state index contributed by atoms with van der Waals surface area (Å²) in [5, 5.41) is 0.851. The number of rotatable bonds is 5. The minimum atomic E-state index is -0.0965. The number of hydrogen-bond acceptors (Lipinski definition) is 4. The Morgan fingerprint density at radius 2 is 1.67 bits per heavy atom. The number of benzene rings is 2. The largest absolute Gasteiger partial charge is 0.461 e. The van der Waals surface area contributed by atoms with Gasteiger partial charge < -0.3 is 9.72 Å². The highest BCUT2D eigenvalue weighted by molar-refractivity contribution is 7.99. The van der Waals surface area contributed by atoms with E-state index in [1.54, 1.807) is 11.8 Å². The van der Waals surface area contributed by atoms with Gasteiger partial charge in [0.15, 0.2) is 5.16 Å². The fourth-order valence-corrected chi connectivity index (χ4v) is 4.05. The standard InChI is InChI=1S/C22H22N2O2S/c1-14-3-7-16(8-4-14)20-21(17-9-5-15(2)6-10-17)24-22(23-20)27-13-18-11-12-19(25)26-18/h3-10,18H,11-13H2,1-2H3,(H,23,24)/t18-/m0/s1. The molecule has 138 valence electrons. The van der Waals surface area contributed by atoms with Crippen molar-refractivity contribution >= 4 is 17.7 Å². The van der Waals surface area contributed by atoms with E-state index < -0.39 is 0 Å². The molecule has 2 heterocycles. The highest BCUT2D eigenvalue weighted by Gasteiger charge is 2.24. The minimum Gasteiger partial charge on any atom is -0.461 e. The van der Waals surface area contributed by atoms with Crippen LogP contribution in [0.25, 0.3) is 22.5 Å². The molecule has 0 spiro atoms. The third-order valence-corrected chi connectivity index (χ3v) is 5.73. The second kappa shape index (κ2) is 7.61. The molecule has 27 heavy (non-hydrogen) atoms. The number of esters is 1. The lowest BCUT2D eigenvalue weighted by Gasteiger charge is -2.06. The van der Waals surface area contributed by atoms with Crippen LogP contribution in [0.2, 0.25) is 0 Å². The van der Waals surface area contributed by atoms with Crippen LogP contribution in [0.15, 0.2) is 53.7 Å². The van der Waals surface area contributed by atoms with Gasteiger partial charge in [0.25, 0.3) is 0 Å². The highest BCUT2D eigenvalue weighted by atomic mass is 32.2. The molecule has 2 aromatic carbocycles. The molecule has 0 bridgehead atoms. The van der Waals surface area contributed by atoms with Crippen molar-refractivity contribution in [3.63, 3.8) is 0 Å². The van der Waals surface area contributed by atoms with Crippen LogP contribution < -0.4 is 0 Å². The van der Waals surface area contributed by atoms with E-state index in [-0.39, 0.29) is 12.1 Å². The molecule has 0 saturated carbocycles. The molecule has 0 amide bonds.